The molecular weight excluding hydrogens is 539 g/mol. The maximum absolute atomic E-state index is 14.6. The first-order valence-electron chi connectivity index (χ1n) is 12.1. The minimum absolute atomic E-state index is 0.0498. The van der Waals surface area contributed by atoms with Crippen LogP contribution in [0.4, 0.5) is 4.39 Å². The highest BCUT2D eigenvalue weighted by Gasteiger charge is 2.72. The van der Waals surface area contributed by atoms with Gasteiger partial charge in [-0.25, -0.2) is 9.18 Å². The van der Waals surface area contributed by atoms with E-state index < -0.39 is 88.1 Å². The fraction of sp³-hybridized carbons (Fsp3) is 0.423. The van der Waals surface area contributed by atoms with Gasteiger partial charge in [-0.3, -0.25) is 14.1 Å². The Labute approximate surface area is 222 Å². The van der Waals surface area contributed by atoms with Crippen LogP contribution in [-0.2, 0) is 44.3 Å². The predicted octanol–water partition coefficient (Wildman–Crippen LogP) is 2.04. The molecule has 6 atom stereocenters. The summed E-state index contributed by atoms with van der Waals surface area (Å²) in [5.41, 5.74) is -0.200. The van der Waals surface area contributed by atoms with Crippen LogP contribution in [0.3, 0.4) is 0 Å². The van der Waals surface area contributed by atoms with Gasteiger partial charge in [-0.1, -0.05) is 30.3 Å². The van der Waals surface area contributed by atoms with E-state index in [4.69, 9.17) is 28.2 Å². The molecule has 3 fully saturated rings. The number of hydrogen-bond donors (Lipinski definition) is 1. The fourth-order valence-corrected chi connectivity index (χ4v) is 5.45. The first-order valence-corrected chi connectivity index (χ1v) is 13.7. The third kappa shape index (κ3) is 5.21. The minimum atomic E-state index is -4.37. The molecule has 39 heavy (non-hydrogen) atoms. The van der Waals surface area contributed by atoms with E-state index in [9.17, 15) is 27.2 Å². The molecule has 0 aliphatic carbocycles. The predicted molar refractivity (Wildman–Crippen MR) is 129 cm³/mol. The van der Waals surface area contributed by atoms with Crippen LogP contribution >= 0.6 is 0 Å². The zero-order valence-corrected chi connectivity index (χ0v) is 21.6. The van der Waals surface area contributed by atoms with Crippen molar-refractivity contribution in [2.45, 2.75) is 43.9 Å². The molecule has 3 saturated heterocycles. The molecule has 2 aromatic carbocycles. The van der Waals surface area contributed by atoms with Crippen molar-refractivity contribution in [1.82, 2.24) is 0 Å². The molecule has 3 aliphatic heterocycles. The zero-order chi connectivity index (χ0) is 28.1. The lowest BCUT2D eigenvalue weighted by Gasteiger charge is -2.28. The average Bonchev–Trinajstić information content (AvgIpc) is 3.49. The summed E-state index contributed by atoms with van der Waals surface area (Å²) in [5.74, 6) is -6.49. The summed E-state index contributed by atoms with van der Waals surface area (Å²) in [5, 5.41) is 0. The summed E-state index contributed by atoms with van der Waals surface area (Å²) in [6.45, 7) is 2.86. The van der Waals surface area contributed by atoms with Gasteiger partial charge in [0.15, 0.2) is 23.8 Å². The number of ether oxygens (including phenoxy) is 5. The van der Waals surface area contributed by atoms with Crippen molar-refractivity contribution in [2.75, 3.05) is 12.4 Å². The molecule has 3 aliphatic rings. The lowest BCUT2D eigenvalue weighted by atomic mass is 9.78. The third-order valence-corrected chi connectivity index (χ3v) is 7.69. The molecule has 0 spiro atoms. The normalized spacial score (nSPS) is 27.2. The molecule has 2 aromatic rings. The molecular formula is C26H25FO11S. The van der Waals surface area contributed by atoms with Gasteiger partial charge >= 0.3 is 17.9 Å². The van der Waals surface area contributed by atoms with Crippen LogP contribution < -0.4 is 4.74 Å². The van der Waals surface area contributed by atoms with Crippen molar-refractivity contribution in [3.63, 3.8) is 0 Å². The highest BCUT2D eigenvalue weighted by Crippen LogP contribution is 2.51. The molecule has 11 nitrogen and oxygen atoms in total. The number of carbonyl (C=O) groups excluding carboxylic acids is 3. The monoisotopic (exact) mass is 564 g/mol. The molecule has 0 amide bonds. The van der Waals surface area contributed by atoms with Crippen molar-refractivity contribution < 1.29 is 55.4 Å². The molecule has 5 rings (SSSR count). The Bertz CT molecular complexity index is 1410. The van der Waals surface area contributed by atoms with Crippen molar-refractivity contribution in [3.05, 3.63) is 65.5 Å². The van der Waals surface area contributed by atoms with E-state index in [0.717, 1.165) is 11.6 Å². The van der Waals surface area contributed by atoms with Gasteiger partial charge in [0, 0.05) is 0 Å². The first-order chi connectivity index (χ1) is 18.4. The maximum atomic E-state index is 14.6. The van der Waals surface area contributed by atoms with Gasteiger partial charge in [-0.2, -0.15) is 8.42 Å². The highest BCUT2D eigenvalue weighted by molar-refractivity contribution is 7.85. The van der Waals surface area contributed by atoms with Crippen LogP contribution in [0.15, 0.2) is 48.5 Å². The van der Waals surface area contributed by atoms with E-state index in [1.165, 1.54) is 12.1 Å². The summed E-state index contributed by atoms with van der Waals surface area (Å²) in [6, 6.07) is 12.6. The molecule has 0 aromatic heterocycles. The topological polar surface area (TPSA) is 152 Å². The number of rotatable bonds is 9. The Morgan fingerprint density at radius 1 is 1.08 bits per heavy atom. The van der Waals surface area contributed by atoms with Gasteiger partial charge in [0.05, 0.1) is 5.56 Å². The quantitative estimate of drug-likeness (QED) is 0.271. The SMILES string of the molecule is CC(C)(Oc1cc(C(=O)OC2C3OC(=O)C4C3OC2C4C(=O)OCCS(=O)(=O)O)ccc1F)c1ccccc1. The number of hydrogen-bond acceptors (Lipinski definition) is 10. The van der Waals surface area contributed by atoms with E-state index in [1.807, 2.05) is 30.3 Å². The molecule has 208 valence electrons. The van der Waals surface area contributed by atoms with Crippen LogP contribution in [0, 0.1) is 17.7 Å². The molecule has 6 unspecified atom stereocenters. The number of carbonyl (C=O) groups is 3. The molecule has 0 saturated carbocycles. The van der Waals surface area contributed by atoms with E-state index in [1.54, 1.807) is 13.8 Å². The van der Waals surface area contributed by atoms with Crippen LogP contribution in [0.1, 0.15) is 29.8 Å². The van der Waals surface area contributed by atoms with Gasteiger partial charge in [-0.15, -0.1) is 0 Å². The van der Waals surface area contributed by atoms with Gasteiger partial charge in [0.2, 0.25) is 0 Å². The molecule has 1 N–H and O–H groups in total. The number of fused-ring (bicyclic) bond motifs is 1. The average molecular weight is 565 g/mol. The van der Waals surface area contributed by atoms with Crippen molar-refractivity contribution >= 4 is 28.0 Å². The fourth-order valence-electron chi connectivity index (χ4n) is 5.16. The van der Waals surface area contributed by atoms with Crippen LogP contribution in [0.5, 0.6) is 5.75 Å². The number of benzene rings is 2. The standard InChI is InChI=1S/C26H25FO11S/c1-26(2,14-6-4-3-5-7-14)38-16-12-13(8-9-15(16)27)23(28)36-21-19-17(24(29)34-10-11-39(31,32)33)18-20(35-19)22(21)37-25(18)30/h3-9,12,17-22H,10-11H2,1-2H3,(H,31,32,33). The largest absolute Gasteiger partial charge is 0.480 e. The van der Waals surface area contributed by atoms with Crippen LogP contribution in [0.25, 0.3) is 0 Å². The molecule has 3 heterocycles. The van der Waals surface area contributed by atoms with Gasteiger partial charge < -0.3 is 23.7 Å². The Hall–Kier alpha value is -3.55. The van der Waals surface area contributed by atoms with Gasteiger partial charge in [-0.05, 0) is 37.6 Å². The maximum Gasteiger partial charge on any atom is 0.338 e. The van der Waals surface area contributed by atoms with Crippen molar-refractivity contribution in [2.24, 2.45) is 11.8 Å². The van der Waals surface area contributed by atoms with Crippen LogP contribution in [0.2, 0.25) is 0 Å². The Kier molecular flexibility index (Phi) is 6.85. The van der Waals surface area contributed by atoms with E-state index in [2.05, 4.69) is 0 Å². The third-order valence-electron chi connectivity index (χ3n) is 7.01. The molecule has 0 radical (unpaired) electrons. The summed E-state index contributed by atoms with van der Waals surface area (Å²) in [4.78, 5) is 38.2. The Morgan fingerprint density at radius 3 is 2.49 bits per heavy atom. The van der Waals surface area contributed by atoms with Crippen molar-refractivity contribution in [3.8, 4) is 5.75 Å². The minimum Gasteiger partial charge on any atom is -0.480 e. The van der Waals surface area contributed by atoms with Crippen LogP contribution in [-0.4, -0.2) is 67.7 Å². The first kappa shape index (κ1) is 27.0. The van der Waals surface area contributed by atoms with E-state index in [0.29, 0.717) is 0 Å². The number of halogens is 1. The summed E-state index contributed by atoms with van der Waals surface area (Å²) in [6.07, 6.45) is -4.07. The summed E-state index contributed by atoms with van der Waals surface area (Å²) in [7, 11) is -4.37. The summed E-state index contributed by atoms with van der Waals surface area (Å²) < 4.78 is 72.8. The lowest BCUT2D eigenvalue weighted by Crippen LogP contribution is -2.48. The van der Waals surface area contributed by atoms with Gasteiger partial charge in [0.25, 0.3) is 10.1 Å². The molecule has 2 bridgehead atoms. The smallest absolute Gasteiger partial charge is 0.338 e. The Morgan fingerprint density at radius 2 is 1.79 bits per heavy atom. The second-order valence-corrected chi connectivity index (χ2v) is 11.5. The zero-order valence-electron chi connectivity index (χ0n) is 20.8. The highest BCUT2D eigenvalue weighted by atomic mass is 32.2. The summed E-state index contributed by atoms with van der Waals surface area (Å²) >= 11 is 0. The second kappa shape index (κ2) is 9.88. The lowest BCUT2D eigenvalue weighted by molar-refractivity contribution is -0.155. The van der Waals surface area contributed by atoms with E-state index >= 15 is 0 Å². The number of esters is 3. The Balaban J connectivity index is 1.31. The van der Waals surface area contributed by atoms with E-state index in [-0.39, 0.29) is 11.3 Å². The van der Waals surface area contributed by atoms with Gasteiger partial charge in [0.1, 0.15) is 42.0 Å². The second-order valence-electron chi connectivity index (χ2n) is 9.97. The molecule has 13 heteroatoms. The van der Waals surface area contributed by atoms with Crippen molar-refractivity contribution in [1.29, 1.82) is 0 Å².